The van der Waals surface area contributed by atoms with Gasteiger partial charge >= 0.3 is 0 Å². The molecule has 0 amide bonds. The molecular weight excluding hydrogens is 655 g/mol. The molecule has 0 saturated heterocycles. The van der Waals surface area contributed by atoms with Crippen molar-refractivity contribution >= 4 is 34.0 Å². The van der Waals surface area contributed by atoms with Crippen molar-refractivity contribution in [1.82, 2.24) is 9.55 Å². The van der Waals surface area contributed by atoms with Crippen LogP contribution in [0.3, 0.4) is 0 Å². The Morgan fingerprint density at radius 2 is 1.28 bits per heavy atom. The van der Waals surface area contributed by atoms with Crippen LogP contribution < -0.4 is 4.90 Å². The lowest BCUT2D eigenvalue weighted by Gasteiger charge is -2.28. The van der Waals surface area contributed by atoms with Crippen molar-refractivity contribution in [3.8, 4) is 39.1 Å². The first-order valence-corrected chi connectivity index (χ1v) is 19.0. The van der Waals surface area contributed by atoms with Crippen LogP contribution in [0.25, 0.3) is 56.0 Å². The Labute approximate surface area is 317 Å². The first-order chi connectivity index (χ1) is 26.4. The van der Waals surface area contributed by atoms with Gasteiger partial charge in [0.05, 0.1) is 5.52 Å². The number of rotatable bonds is 6. The van der Waals surface area contributed by atoms with E-state index in [1.165, 1.54) is 61.2 Å². The Morgan fingerprint density at radius 1 is 0.611 bits per heavy atom. The Balaban J connectivity index is 1.06. The van der Waals surface area contributed by atoms with Crippen LogP contribution in [0.5, 0.6) is 0 Å². The minimum Gasteiger partial charge on any atom is -0.313 e. The number of anilines is 3. The van der Waals surface area contributed by atoms with E-state index in [1.807, 2.05) is 18.5 Å². The summed E-state index contributed by atoms with van der Waals surface area (Å²) >= 11 is 0. The average molecular weight is 696 g/mol. The van der Waals surface area contributed by atoms with Gasteiger partial charge in [0.2, 0.25) is 0 Å². The van der Waals surface area contributed by atoms with Gasteiger partial charge in [-0.15, -0.1) is 0 Å². The van der Waals surface area contributed by atoms with E-state index < -0.39 is 0 Å². The number of allylic oxidation sites excluding steroid dienone is 1. The van der Waals surface area contributed by atoms with E-state index in [0.29, 0.717) is 5.92 Å². The molecule has 2 aliphatic rings. The summed E-state index contributed by atoms with van der Waals surface area (Å²) in [5, 5.41) is 1.30. The van der Waals surface area contributed by atoms with Gasteiger partial charge in [-0.3, -0.25) is 4.98 Å². The summed E-state index contributed by atoms with van der Waals surface area (Å²) in [6.45, 7) is 7.00. The van der Waals surface area contributed by atoms with Crippen LogP contribution >= 0.6 is 0 Å². The Kier molecular flexibility index (Phi) is 7.52. The maximum atomic E-state index is 4.35. The van der Waals surface area contributed by atoms with Gasteiger partial charge in [0.25, 0.3) is 0 Å². The zero-order chi connectivity index (χ0) is 36.4. The van der Waals surface area contributed by atoms with Crippen molar-refractivity contribution in [2.75, 3.05) is 4.90 Å². The molecule has 0 radical (unpaired) electrons. The maximum absolute atomic E-state index is 4.35. The molecule has 0 aliphatic heterocycles. The van der Waals surface area contributed by atoms with Crippen LogP contribution in [0.2, 0.25) is 0 Å². The molecule has 1 atom stereocenters. The van der Waals surface area contributed by atoms with Crippen molar-refractivity contribution in [1.29, 1.82) is 0 Å². The highest BCUT2D eigenvalue weighted by molar-refractivity contribution is 5.96. The van der Waals surface area contributed by atoms with Gasteiger partial charge in [-0.1, -0.05) is 118 Å². The van der Waals surface area contributed by atoms with E-state index in [4.69, 9.17) is 0 Å². The van der Waals surface area contributed by atoms with Crippen LogP contribution in [0.4, 0.5) is 17.1 Å². The smallest absolute Gasteiger partial charge is 0.0538 e. The molecule has 3 heteroatoms. The molecule has 0 saturated carbocycles. The third-order valence-electron chi connectivity index (χ3n) is 11.6. The Bertz CT molecular complexity index is 2700. The molecule has 0 fully saturated rings. The van der Waals surface area contributed by atoms with E-state index in [9.17, 15) is 0 Å². The van der Waals surface area contributed by atoms with Gasteiger partial charge in [0.1, 0.15) is 0 Å². The molecule has 2 aromatic heterocycles. The van der Waals surface area contributed by atoms with E-state index >= 15 is 0 Å². The Morgan fingerprint density at radius 3 is 2.02 bits per heavy atom. The number of fused-ring (bicyclic) bond motifs is 6. The highest BCUT2D eigenvalue weighted by Gasteiger charge is 2.35. The van der Waals surface area contributed by atoms with Crippen LogP contribution in [0, 0.1) is 5.92 Å². The maximum Gasteiger partial charge on any atom is 0.0538 e. The fraction of sp³-hybridized carbons (Fsp3) is 0.118. The first kappa shape index (κ1) is 32.2. The summed E-state index contributed by atoms with van der Waals surface area (Å²) < 4.78 is 2.46. The predicted molar refractivity (Wildman–Crippen MR) is 226 cm³/mol. The first-order valence-electron chi connectivity index (χ1n) is 19.0. The average Bonchev–Trinajstić information content (AvgIpc) is 3.66. The number of para-hydroxylation sites is 1. The second-order valence-electron chi connectivity index (χ2n) is 15.4. The topological polar surface area (TPSA) is 21.1 Å². The lowest BCUT2D eigenvalue weighted by Crippen LogP contribution is -2.16. The molecule has 3 nitrogen and oxygen atoms in total. The Hall–Kier alpha value is -6.45. The van der Waals surface area contributed by atoms with E-state index in [0.717, 1.165) is 34.6 Å². The summed E-state index contributed by atoms with van der Waals surface area (Å²) in [5.74, 6) is 0.512. The summed E-state index contributed by atoms with van der Waals surface area (Å²) in [5.41, 5.74) is 18.6. The fourth-order valence-corrected chi connectivity index (χ4v) is 8.86. The van der Waals surface area contributed by atoms with Gasteiger partial charge in [-0.05, 0) is 124 Å². The van der Waals surface area contributed by atoms with Crippen molar-refractivity contribution in [2.24, 2.45) is 5.92 Å². The number of benzene rings is 6. The van der Waals surface area contributed by atoms with Gasteiger partial charge in [-0.25, -0.2) is 0 Å². The molecule has 260 valence electrons. The lowest BCUT2D eigenvalue weighted by molar-refractivity contribution is 0.660. The van der Waals surface area contributed by atoms with Crippen molar-refractivity contribution in [2.45, 2.75) is 32.6 Å². The molecule has 2 heterocycles. The van der Waals surface area contributed by atoms with E-state index in [-0.39, 0.29) is 5.41 Å². The molecule has 2 aliphatic carbocycles. The van der Waals surface area contributed by atoms with Crippen LogP contribution in [-0.2, 0) is 11.8 Å². The molecule has 10 rings (SSSR count). The number of hydrogen-bond acceptors (Lipinski definition) is 2. The highest BCUT2D eigenvalue weighted by Crippen LogP contribution is 2.50. The number of pyridine rings is 1. The van der Waals surface area contributed by atoms with Crippen LogP contribution in [0.1, 0.15) is 43.2 Å². The van der Waals surface area contributed by atoms with E-state index in [1.54, 1.807) is 0 Å². The van der Waals surface area contributed by atoms with Gasteiger partial charge in [-0.2, -0.15) is 0 Å². The molecule has 6 aromatic carbocycles. The normalized spacial score (nSPS) is 15.1. The van der Waals surface area contributed by atoms with Crippen molar-refractivity contribution < 1.29 is 0 Å². The second-order valence-corrected chi connectivity index (χ2v) is 15.4. The molecule has 0 N–H and O–H groups in total. The molecule has 0 bridgehead atoms. The zero-order valence-corrected chi connectivity index (χ0v) is 30.9. The molecular formula is C51H41N3. The van der Waals surface area contributed by atoms with Gasteiger partial charge in [0, 0.05) is 57.2 Å². The minimum atomic E-state index is -0.0911. The standard InChI is InChI=1S/C51H41N3/c1-34-15-26-45-46-31-37(20-28-49(46)54(50(45)30-34)39-11-5-4-6-12-39)35-16-21-40(22-17-35)53(41-23-18-36(19-24-41)38-10-9-29-52-33-38)42-25-27-44-43-13-7-8-14-47(43)51(2,3)48(44)32-42/h4-29,31-34H,30H2,1-3H3. The summed E-state index contributed by atoms with van der Waals surface area (Å²) in [6, 6.07) is 55.7. The fourth-order valence-electron chi connectivity index (χ4n) is 8.86. The largest absolute Gasteiger partial charge is 0.313 e. The van der Waals surface area contributed by atoms with Crippen LogP contribution in [0.15, 0.2) is 170 Å². The van der Waals surface area contributed by atoms with E-state index in [2.05, 4.69) is 193 Å². The summed E-state index contributed by atoms with van der Waals surface area (Å²) in [7, 11) is 0. The van der Waals surface area contributed by atoms with Gasteiger partial charge < -0.3 is 9.47 Å². The number of nitrogens with zero attached hydrogens (tertiary/aromatic N) is 3. The molecule has 1 unspecified atom stereocenters. The number of hydrogen-bond donors (Lipinski definition) is 0. The zero-order valence-electron chi connectivity index (χ0n) is 30.9. The monoisotopic (exact) mass is 695 g/mol. The summed E-state index contributed by atoms with van der Waals surface area (Å²) in [6.07, 6.45) is 9.47. The number of aromatic nitrogens is 2. The van der Waals surface area contributed by atoms with Crippen LogP contribution in [-0.4, -0.2) is 9.55 Å². The molecule has 54 heavy (non-hydrogen) atoms. The predicted octanol–water partition coefficient (Wildman–Crippen LogP) is 13.3. The second kappa shape index (κ2) is 12.6. The molecule has 0 spiro atoms. The summed E-state index contributed by atoms with van der Waals surface area (Å²) in [4.78, 5) is 6.74. The quantitative estimate of drug-likeness (QED) is 0.173. The minimum absolute atomic E-state index is 0.0911. The lowest BCUT2D eigenvalue weighted by atomic mass is 9.82. The van der Waals surface area contributed by atoms with Gasteiger partial charge in [0.15, 0.2) is 0 Å². The SMILES string of the molecule is CC1C=Cc2c(n(-c3ccccc3)c3ccc(-c4ccc(N(c5ccc(-c6cccnc6)cc5)c5ccc6c(c5)C(C)(C)c5ccccc5-6)cc4)cc23)C1. The van der Waals surface area contributed by atoms with Crippen molar-refractivity contribution in [3.05, 3.63) is 193 Å². The van der Waals surface area contributed by atoms with Crippen molar-refractivity contribution in [3.63, 3.8) is 0 Å². The highest BCUT2D eigenvalue weighted by atomic mass is 15.1. The third-order valence-corrected chi connectivity index (χ3v) is 11.6. The molecule has 8 aromatic rings. The third kappa shape index (κ3) is 5.22.